The standard InChI is InChI=1S/C48H72O14.C23H22O7/c1-11-25(2)43-28(5)17-18-47(62-43)23-34-20-33(61-47)16-15-27(4)42(26(3)13-12-14-32-24-55-45-40(49)29(6)19-35(46(51)58-34)48(32,45)52)59-39-22-37(54-10)44(31(8)57-39)60-38-21-36(53-9)41(50)30(7)56-38;1-23(2)6-5-11-15(30-23)8-13(24)20-21(25)19-12-7-16(26-3)17(27-4)9-14(12)28-10-18(19)29-22(11)20/h12-15,17-19,25-26,28,30-31,33-45,49-50,52H,11,16,20-24H2,1-10H3;5-9,18-19,24H,10H2,1-4H3. The highest BCUT2D eigenvalue weighted by atomic mass is 16.7. The van der Waals surface area contributed by atoms with E-state index < -0.39 is 108 Å². The third kappa shape index (κ3) is 13.1. The highest BCUT2D eigenvalue weighted by Gasteiger charge is 2.60. The number of hydrogen-bond acceptors (Lipinski definition) is 21. The molecule has 21 nitrogen and oxygen atoms in total. The van der Waals surface area contributed by atoms with E-state index in [0.717, 1.165) is 12.0 Å². The maximum Gasteiger partial charge on any atom is 0.316 e. The molecule has 22 atom stereocenters. The van der Waals surface area contributed by atoms with Gasteiger partial charge in [-0.1, -0.05) is 70.6 Å². The minimum absolute atomic E-state index is 0.0317. The Labute approximate surface area is 539 Å². The van der Waals surface area contributed by atoms with E-state index in [1.807, 2.05) is 58.1 Å². The van der Waals surface area contributed by atoms with Gasteiger partial charge < -0.3 is 91.5 Å². The van der Waals surface area contributed by atoms with Crippen molar-refractivity contribution in [2.45, 2.75) is 223 Å². The second-order valence-corrected chi connectivity index (χ2v) is 27.1. The minimum Gasteiger partial charge on any atom is -0.507 e. The first-order chi connectivity index (χ1) is 43.8. The Balaban J connectivity index is 0.000000239. The number of allylic oxidation sites excluding steroid dienone is 2. The summed E-state index contributed by atoms with van der Waals surface area (Å²) >= 11 is 0. The third-order valence-electron chi connectivity index (χ3n) is 20.2. The summed E-state index contributed by atoms with van der Waals surface area (Å²) in [6.07, 6.45) is 11.8. The van der Waals surface area contributed by atoms with Crippen LogP contribution in [0, 0.1) is 23.7 Å². The Kier molecular flexibility index (Phi) is 20.0. The summed E-state index contributed by atoms with van der Waals surface area (Å²) in [4.78, 5) is 27.9. The van der Waals surface area contributed by atoms with Gasteiger partial charge in [0.05, 0.1) is 75.0 Å². The van der Waals surface area contributed by atoms with Crippen LogP contribution >= 0.6 is 0 Å². The van der Waals surface area contributed by atoms with Crippen molar-refractivity contribution in [3.05, 3.63) is 100 Å². The molecule has 504 valence electrons. The van der Waals surface area contributed by atoms with Crippen molar-refractivity contribution in [3.8, 4) is 34.5 Å². The zero-order valence-corrected chi connectivity index (χ0v) is 55.4. The first-order valence-corrected chi connectivity index (χ1v) is 32.6. The van der Waals surface area contributed by atoms with E-state index in [-0.39, 0.29) is 66.4 Å². The summed E-state index contributed by atoms with van der Waals surface area (Å²) in [5.41, 5.74) is 1.06. The van der Waals surface area contributed by atoms with Crippen molar-refractivity contribution < 1.29 is 101 Å². The number of aliphatic hydroxyl groups excluding tert-OH is 2. The molecule has 9 aliphatic heterocycles. The van der Waals surface area contributed by atoms with E-state index in [4.69, 9.17) is 71.1 Å². The molecule has 2 aromatic carbocycles. The fourth-order valence-electron chi connectivity index (χ4n) is 14.8. The minimum atomic E-state index is -1.84. The van der Waals surface area contributed by atoms with Gasteiger partial charge in [0.25, 0.3) is 0 Å². The molecular weight excluding hydrogens is 1190 g/mol. The van der Waals surface area contributed by atoms with Crippen LogP contribution in [0.5, 0.6) is 34.5 Å². The number of phenols is 1. The number of hydrogen-bond donors (Lipinski definition) is 4. The average Bonchev–Trinajstić information content (AvgIpc) is 1.34. The number of carbonyl (C=O) groups is 2. The number of carbonyl (C=O) groups excluding carboxylic acids is 2. The fraction of sp³-hybridized carbons (Fsp3) is 0.634. The van der Waals surface area contributed by atoms with Gasteiger partial charge in [-0.3, -0.25) is 9.59 Å². The molecule has 4 N–H and O–H groups in total. The lowest BCUT2D eigenvalue weighted by atomic mass is 9.71. The predicted molar refractivity (Wildman–Crippen MR) is 336 cm³/mol. The van der Waals surface area contributed by atoms with Gasteiger partial charge in [-0.25, -0.2) is 0 Å². The molecule has 2 bridgehead atoms. The van der Waals surface area contributed by atoms with Crippen LogP contribution in [0.15, 0.2) is 83.5 Å². The monoisotopic (exact) mass is 1280 g/mol. The molecule has 4 fully saturated rings. The zero-order valence-electron chi connectivity index (χ0n) is 55.4. The Morgan fingerprint density at radius 3 is 2.25 bits per heavy atom. The quantitative estimate of drug-likeness (QED) is 0.128. The summed E-state index contributed by atoms with van der Waals surface area (Å²) in [5, 5.41) is 44.9. The molecule has 22 unspecified atom stereocenters. The van der Waals surface area contributed by atoms with Gasteiger partial charge in [0.2, 0.25) is 0 Å². The number of ether oxygens (including phenoxy) is 15. The first kappa shape index (κ1) is 67.7. The highest BCUT2D eigenvalue weighted by molar-refractivity contribution is 6.08. The molecule has 92 heavy (non-hydrogen) atoms. The van der Waals surface area contributed by atoms with E-state index >= 15 is 0 Å². The van der Waals surface area contributed by atoms with Crippen LogP contribution in [0.25, 0.3) is 6.08 Å². The van der Waals surface area contributed by atoms with E-state index in [1.165, 1.54) is 13.2 Å². The summed E-state index contributed by atoms with van der Waals surface area (Å²) in [6, 6.07) is 4.92. The van der Waals surface area contributed by atoms with Crippen LogP contribution in [0.2, 0.25) is 0 Å². The summed E-state index contributed by atoms with van der Waals surface area (Å²) in [5.74, 6) is -1.22. The molecule has 1 aliphatic carbocycles. The summed E-state index contributed by atoms with van der Waals surface area (Å²) < 4.78 is 92.5. The summed E-state index contributed by atoms with van der Waals surface area (Å²) in [6.45, 7) is 20.1. The van der Waals surface area contributed by atoms with Crippen molar-refractivity contribution >= 4 is 17.8 Å². The van der Waals surface area contributed by atoms with Crippen molar-refractivity contribution in [3.63, 3.8) is 0 Å². The zero-order chi connectivity index (χ0) is 65.9. The van der Waals surface area contributed by atoms with Crippen LogP contribution in [-0.4, -0.2) is 183 Å². The van der Waals surface area contributed by atoms with Gasteiger partial charge in [0, 0.05) is 69.4 Å². The maximum atomic E-state index is 14.3. The Morgan fingerprint density at radius 1 is 0.804 bits per heavy atom. The number of methoxy groups -OCH3 is 4. The molecule has 9 heterocycles. The SMILES string of the molecule is CCC(C)C1OC2(C=CC1C)CC1CC(CC=C(C)C(OC3CC(OC)C(OC4CC(OC)C(O)C(C)O4)C(C)O3)C(C)C=CC=C3COC4C(O)C(C)=CC(C(=O)O1)C34O)O2.COc1cc2c(cc1OC)C1C(=O)c3c(O)cc4c(c3OC1CO2)C=CC(C)(C)O4. The topological polar surface area (TPSA) is 254 Å². The van der Waals surface area contributed by atoms with Crippen molar-refractivity contribution in [1.82, 2.24) is 0 Å². The number of fused-ring (bicyclic) bond motifs is 8. The number of aromatic hydroxyl groups is 1. The second kappa shape index (κ2) is 27.2. The lowest BCUT2D eigenvalue weighted by Gasteiger charge is -2.48. The van der Waals surface area contributed by atoms with Crippen LogP contribution in [0.3, 0.4) is 0 Å². The Bertz CT molecular complexity index is 3240. The van der Waals surface area contributed by atoms with E-state index in [9.17, 15) is 30.0 Å². The number of phenolic OH excluding ortho intramolecular Hbond substituents is 1. The normalized spacial score (nSPS) is 38.9. The van der Waals surface area contributed by atoms with Crippen molar-refractivity contribution in [1.29, 1.82) is 0 Å². The van der Waals surface area contributed by atoms with Crippen LogP contribution in [0.1, 0.15) is 135 Å². The van der Waals surface area contributed by atoms with Gasteiger partial charge in [0.1, 0.15) is 88.9 Å². The molecule has 12 rings (SSSR count). The number of aliphatic hydroxyl groups is 3. The van der Waals surface area contributed by atoms with Gasteiger partial charge in [-0.2, -0.15) is 0 Å². The molecular formula is C71H94O21. The van der Waals surface area contributed by atoms with Gasteiger partial charge in [0.15, 0.2) is 35.6 Å². The lowest BCUT2D eigenvalue weighted by molar-refractivity contribution is -0.318. The predicted octanol–water partition coefficient (Wildman–Crippen LogP) is 9.09. The first-order valence-electron chi connectivity index (χ1n) is 32.6. The van der Waals surface area contributed by atoms with Crippen LogP contribution < -0.4 is 23.7 Å². The molecule has 0 aromatic heterocycles. The second-order valence-electron chi connectivity index (χ2n) is 27.1. The van der Waals surface area contributed by atoms with Crippen molar-refractivity contribution in [2.75, 3.05) is 41.7 Å². The lowest BCUT2D eigenvalue weighted by Crippen LogP contribution is -2.58. The van der Waals surface area contributed by atoms with Gasteiger partial charge >= 0.3 is 5.97 Å². The van der Waals surface area contributed by atoms with Crippen LogP contribution in [-0.2, 0) is 52.2 Å². The average molecular weight is 1280 g/mol. The highest BCUT2D eigenvalue weighted by Crippen LogP contribution is 2.53. The third-order valence-corrected chi connectivity index (χ3v) is 20.2. The van der Waals surface area contributed by atoms with Crippen LogP contribution in [0.4, 0.5) is 0 Å². The molecule has 10 aliphatic rings. The molecule has 0 saturated carbocycles. The number of Topliss-reactive ketones (excluding diaryl/α,β-unsaturated/α-hetero) is 1. The number of benzene rings is 2. The van der Waals surface area contributed by atoms with E-state index in [0.29, 0.717) is 83.1 Å². The number of ketones is 1. The van der Waals surface area contributed by atoms with E-state index in [1.54, 1.807) is 59.5 Å². The summed E-state index contributed by atoms with van der Waals surface area (Å²) in [7, 11) is 6.29. The Hall–Kier alpha value is -5.66. The molecule has 1 spiro atoms. The molecule has 4 saturated heterocycles. The van der Waals surface area contributed by atoms with E-state index in [2.05, 4.69) is 39.8 Å². The molecule has 21 heteroatoms. The smallest absolute Gasteiger partial charge is 0.316 e. The Morgan fingerprint density at radius 2 is 1.52 bits per heavy atom. The maximum absolute atomic E-state index is 14.3. The largest absolute Gasteiger partial charge is 0.507 e. The number of esters is 1. The fourth-order valence-corrected chi connectivity index (χ4v) is 14.8. The van der Waals surface area contributed by atoms with Crippen molar-refractivity contribution in [2.24, 2.45) is 23.7 Å². The molecule has 0 radical (unpaired) electrons. The van der Waals surface area contributed by atoms with Gasteiger partial charge in [-0.15, -0.1) is 0 Å². The van der Waals surface area contributed by atoms with Gasteiger partial charge in [-0.05, 0) is 94.9 Å². The molecule has 2 aromatic rings. The molecule has 0 amide bonds. The number of rotatable bonds is 10.